The summed E-state index contributed by atoms with van der Waals surface area (Å²) in [7, 11) is 0. The molecule has 2 aromatic heterocycles. The van der Waals surface area contributed by atoms with E-state index in [4.69, 9.17) is 19.4 Å². The molecule has 50 heavy (non-hydrogen) atoms. The Morgan fingerprint density at radius 2 is 0.680 bits per heavy atom. The summed E-state index contributed by atoms with van der Waals surface area (Å²) in [6.45, 7) is 0. The van der Waals surface area contributed by atoms with E-state index in [0.717, 1.165) is 79.6 Å². The lowest BCUT2D eigenvalue weighted by Crippen LogP contribution is -2.15. The van der Waals surface area contributed by atoms with E-state index in [1.165, 1.54) is 0 Å². The molecule has 0 saturated heterocycles. The molecule has 236 valence electrons. The summed E-state index contributed by atoms with van der Waals surface area (Å²) in [5, 5.41) is 0. The van der Waals surface area contributed by atoms with Crippen LogP contribution in [0.3, 0.4) is 0 Å². The van der Waals surface area contributed by atoms with E-state index in [1.54, 1.807) is 12.4 Å². The monoisotopic (exact) mass is 646 g/mol. The van der Waals surface area contributed by atoms with Crippen molar-refractivity contribution in [2.75, 3.05) is 9.80 Å². The Labute approximate surface area is 287 Å². The summed E-state index contributed by atoms with van der Waals surface area (Å²) in [6, 6.07) is 49.1. The first-order chi connectivity index (χ1) is 24.8. The molecule has 2 aliphatic rings. The van der Waals surface area contributed by atoms with Gasteiger partial charge >= 0.3 is 0 Å². The van der Waals surface area contributed by atoms with Crippen molar-refractivity contribution in [3.63, 3.8) is 0 Å². The third kappa shape index (κ3) is 4.54. The van der Waals surface area contributed by atoms with Gasteiger partial charge in [0.05, 0.1) is 34.1 Å². The Morgan fingerprint density at radius 1 is 0.360 bits per heavy atom. The van der Waals surface area contributed by atoms with E-state index in [1.807, 2.05) is 72.8 Å². The second kappa shape index (κ2) is 11.3. The second-order valence-corrected chi connectivity index (χ2v) is 12.0. The van der Waals surface area contributed by atoms with Crippen molar-refractivity contribution < 1.29 is 9.47 Å². The molecule has 6 aromatic carbocycles. The molecule has 4 heterocycles. The molecule has 0 unspecified atom stereocenters. The fourth-order valence-corrected chi connectivity index (χ4v) is 6.70. The van der Waals surface area contributed by atoms with Gasteiger partial charge in [-0.1, -0.05) is 72.8 Å². The van der Waals surface area contributed by atoms with Crippen LogP contribution in [0.4, 0.5) is 34.1 Å². The first kappa shape index (κ1) is 28.0. The zero-order valence-corrected chi connectivity index (χ0v) is 26.5. The Morgan fingerprint density at radius 3 is 1.02 bits per heavy atom. The van der Waals surface area contributed by atoms with Gasteiger partial charge in [-0.05, 0) is 72.8 Å². The van der Waals surface area contributed by atoms with Gasteiger partial charge in [0.25, 0.3) is 0 Å². The number of anilines is 6. The molecule has 8 heteroatoms. The van der Waals surface area contributed by atoms with Crippen molar-refractivity contribution in [2.45, 2.75) is 0 Å². The van der Waals surface area contributed by atoms with Gasteiger partial charge in [-0.2, -0.15) is 0 Å². The van der Waals surface area contributed by atoms with Gasteiger partial charge < -0.3 is 19.3 Å². The molecule has 0 atom stereocenters. The Hall–Kier alpha value is -7.06. The first-order valence-electron chi connectivity index (χ1n) is 16.3. The van der Waals surface area contributed by atoms with Crippen molar-refractivity contribution in [3.8, 4) is 45.5 Å². The average Bonchev–Trinajstić information content (AvgIpc) is 3.18. The minimum absolute atomic E-state index is 0.490. The molecular formula is C42H26N6O2. The highest BCUT2D eigenvalue weighted by atomic mass is 16.5. The smallest absolute Gasteiger partial charge is 0.198 e. The van der Waals surface area contributed by atoms with Gasteiger partial charge in [0.1, 0.15) is 0 Å². The average molecular weight is 647 g/mol. The number of benzene rings is 6. The van der Waals surface area contributed by atoms with Crippen molar-refractivity contribution in [1.29, 1.82) is 0 Å². The number of para-hydroxylation sites is 8. The molecule has 10 rings (SSSR count). The summed E-state index contributed by atoms with van der Waals surface area (Å²) >= 11 is 0. The SMILES string of the molecule is c1ccc2c(c1)Oc1ccccc1N2c1ccc(-c2nc3nccnc3nc2-c2ccc(N3c4ccccc4Oc4ccccc43)cc2)cc1. The lowest BCUT2D eigenvalue weighted by Gasteiger charge is -2.32. The van der Waals surface area contributed by atoms with E-state index in [-0.39, 0.29) is 0 Å². The van der Waals surface area contributed by atoms with Crippen LogP contribution in [0.25, 0.3) is 33.8 Å². The molecule has 0 radical (unpaired) electrons. The van der Waals surface area contributed by atoms with Crippen LogP contribution in [0.15, 0.2) is 158 Å². The molecule has 0 fully saturated rings. The zero-order valence-electron chi connectivity index (χ0n) is 26.5. The highest BCUT2D eigenvalue weighted by molar-refractivity contribution is 5.90. The van der Waals surface area contributed by atoms with E-state index in [9.17, 15) is 0 Å². The number of ether oxygens (including phenoxy) is 2. The molecule has 0 saturated carbocycles. The minimum Gasteiger partial charge on any atom is -0.453 e. The largest absolute Gasteiger partial charge is 0.453 e. The van der Waals surface area contributed by atoms with Crippen LogP contribution in [0.2, 0.25) is 0 Å². The minimum atomic E-state index is 0.490. The lowest BCUT2D eigenvalue weighted by molar-refractivity contribution is 0.477. The summed E-state index contributed by atoms with van der Waals surface area (Å²) in [6.07, 6.45) is 3.29. The number of nitrogens with zero attached hydrogens (tertiary/aromatic N) is 6. The normalized spacial score (nSPS) is 12.6. The Bertz CT molecular complexity index is 2300. The fraction of sp³-hybridized carbons (Fsp3) is 0. The van der Waals surface area contributed by atoms with Crippen LogP contribution in [0, 0.1) is 0 Å². The number of rotatable bonds is 4. The lowest BCUT2D eigenvalue weighted by atomic mass is 10.0. The zero-order chi connectivity index (χ0) is 33.0. The molecule has 2 aliphatic heterocycles. The van der Waals surface area contributed by atoms with Gasteiger partial charge in [-0.3, -0.25) is 0 Å². The van der Waals surface area contributed by atoms with Crippen LogP contribution in [0.1, 0.15) is 0 Å². The summed E-state index contributed by atoms with van der Waals surface area (Å²) in [5.74, 6) is 3.24. The number of hydrogen-bond acceptors (Lipinski definition) is 8. The molecule has 0 spiro atoms. The molecule has 0 amide bonds. The predicted molar refractivity (Wildman–Crippen MR) is 196 cm³/mol. The maximum Gasteiger partial charge on any atom is 0.198 e. The first-order valence-corrected chi connectivity index (χ1v) is 16.3. The summed E-state index contributed by atoms with van der Waals surface area (Å²) in [5.41, 5.74) is 10.2. The van der Waals surface area contributed by atoms with E-state index < -0.39 is 0 Å². The van der Waals surface area contributed by atoms with E-state index in [0.29, 0.717) is 11.3 Å². The van der Waals surface area contributed by atoms with E-state index in [2.05, 4.69) is 92.6 Å². The van der Waals surface area contributed by atoms with Crippen LogP contribution >= 0.6 is 0 Å². The van der Waals surface area contributed by atoms with Crippen molar-refractivity contribution >= 4 is 45.4 Å². The van der Waals surface area contributed by atoms with E-state index >= 15 is 0 Å². The van der Waals surface area contributed by atoms with Gasteiger partial charge in [0.2, 0.25) is 0 Å². The quantitative estimate of drug-likeness (QED) is 0.187. The molecule has 8 aromatic rings. The molecule has 0 aliphatic carbocycles. The Balaban J connectivity index is 1.06. The van der Waals surface area contributed by atoms with Crippen molar-refractivity contribution in [3.05, 3.63) is 158 Å². The number of aromatic nitrogens is 4. The number of fused-ring (bicyclic) bond motifs is 5. The summed E-state index contributed by atoms with van der Waals surface area (Å²) < 4.78 is 12.5. The van der Waals surface area contributed by atoms with Crippen LogP contribution < -0.4 is 19.3 Å². The Kier molecular flexibility index (Phi) is 6.32. The second-order valence-electron chi connectivity index (χ2n) is 12.0. The standard InChI is InChI=1S/C42H26N6O2/c1-5-13-35-31(9-1)47(32-10-2-6-14-36(32)49-35)29-21-17-27(18-22-29)39-40(46-42-41(45-39)43-25-26-44-42)28-19-23-30(24-20-28)48-33-11-3-7-15-37(33)50-38-16-8-4-12-34(38)48/h1-26H. The molecule has 0 N–H and O–H groups in total. The third-order valence-corrected chi connectivity index (χ3v) is 8.98. The summed E-state index contributed by atoms with van der Waals surface area (Å²) in [4.78, 5) is 23.4. The highest BCUT2D eigenvalue weighted by Crippen LogP contribution is 2.51. The van der Waals surface area contributed by atoms with Crippen LogP contribution in [-0.4, -0.2) is 19.9 Å². The predicted octanol–water partition coefficient (Wildman–Crippen LogP) is 10.9. The van der Waals surface area contributed by atoms with Crippen molar-refractivity contribution in [1.82, 2.24) is 19.9 Å². The number of hydrogen-bond donors (Lipinski definition) is 0. The van der Waals surface area contributed by atoms with Gasteiger partial charge in [-0.15, -0.1) is 0 Å². The third-order valence-electron chi connectivity index (χ3n) is 8.98. The van der Waals surface area contributed by atoms with Gasteiger partial charge in [0, 0.05) is 34.9 Å². The van der Waals surface area contributed by atoms with Crippen molar-refractivity contribution in [2.24, 2.45) is 0 Å². The van der Waals surface area contributed by atoms with Gasteiger partial charge in [-0.25, -0.2) is 19.9 Å². The topological polar surface area (TPSA) is 76.5 Å². The van der Waals surface area contributed by atoms with Crippen LogP contribution in [-0.2, 0) is 0 Å². The molecular weight excluding hydrogens is 621 g/mol. The van der Waals surface area contributed by atoms with Crippen LogP contribution in [0.5, 0.6) is 23.0 Å². The maximum atomic E-state index is 6.23. The molecule has 0 bridgehead atoms. The highest BCUT2D eigenvalue weighted by Gasteiger charge is 2.27. The molecule has 8 nitrogen and oxygen atoms in total. The fourth-order valence-electron chi connectivity index (χ4n) is 6.70. The van der Waals surface area contributed by atoms with Gasteiger partial charge in [0.15, 0.2) is 34.3 Å². The maximum absolute atomic E-state index is 6.23.